The summed E-state index contributed by atoms with van der Waals surface area (Å²) in [6.07, 6.45) is 3.62. The van der Waals surface area contributed by atoms with Gasteiger partial charge in [-0.15, -0.1) is 10.2 Å². The summed E-state index contributed by atoms with van der Waals surface area (Å²) < 4.78 is 8.18. The normalized spacial score (nSPS) is 11.6. The third-order valence-corrected chi connectivity index (χ3v) is 6.47. The monoisotopic (exact) mass is 468 g/mol. The van der Waals surface area contributed by atoms with Crippen molar-refractivity contribution in [2.75, 3.05) is 0 Å². The molecule has 0 radical (unpaired) electrons. The first kappa shape index (κ1) is 20.5. The summed E-state index contributed by atoms with van der Waals surface area (Å²) in [5.74, 6) is 1.89. The molecule has 4 aromatic heterocycles. The van der Waals surface area contributed by atoms with E-state index in [0.717, 1.165) is 61.9 Å². The molecule has 4 heterocycles. The van der Waals surface area contributed by atoms with Crippen LogP contribution in [-0.4, -0.2) is 29.7 Å². The molecule has 0 aliphatic carbocycles. The van der Waals surface area contributed by atoms with Gasteiger partial charge in [0.05, 0.1) is 22.1 Å². The summed E-state index contributed by atoms with van der Waals surface area (Å²) in [7, 11) is 0. The Morgan fingerprint density at radius 2 is 1.25 bits per heavy atom. The molecule has 172 valence electrons. The highest BCUT2D eigenvalue weighted by Gasteiger charge is 2.19. The first-order valence-corrected chi connectivity index (χ1v) is 11.8. The van der Waals surface area contributed by atoms with Crippen LogP contribution in [-0.2, 0) is 6.54 Å². The standard InChI is InChI=1S/C29H20N6O/c1-2-35-26-22-11-7-17-31-24(22)23-21(10-6-16-30-23)25(26)32-27(35)18-12-14-20(15-13-18)29-34-33-28(36-29)19-8-4-3-5-9-19/h3-17H,2H2,1H3. The van der Waals surface area contributed by atoms with Crippen LogP contribution in [0.3, 0.4) is 0 Å². The number of hydrogen-bond donors (Lipinski definition) is 0. The second-order valence-electron chi connectivity index (χ2n) is 8.53. The molecule has 0 saturated carbocycles. The van der Waals surface area contributed by atoms with Gasteiger partial charge in [0.2, 0.25) is 11.8 Å². The fourth-order valence-electron chi connectivity index (χ4n) is 4.81. The van der Waals surface area contributed by atoms with E-state index in [4.69, 9.17) is 9.40 Å². The molecule has 0 unspecified atom stereocenters. The Bertz CT molecular complexity index is 1870. The Morgan fingerprint density at radius 3 is 1.94 bits per heavy atom. The van der Waals surface area contributed by atoms with Crippen molar-refractivity contribution in [2.24, 2.45) is 0 Å². The number of nitrogens with zero attached hydrogens (tertiary/aromatic N) is 6. The summed E-state index contributed by atoms with van der Waals surface area (Å²) >= 11 is 0. The third-order valence-electron chi connectivity index (χ3n) is 6.47. The molecule has 3 aromatic carbocycles. The number of benzene rings is 3. The summed E-state index contributed by atoms with van der Waals surface area (Å²) in [5, 5.41) is 10.5. The highest BCUT2D eigenvalue weighted by atomic mass is 16.4. The van der Waals surface area contributed by atoms with Gasteiger partial charge in [-0.3, -0.25) is 9.97 Å². The van der Waals surface area contributed by atoms with Crippen molar-refractivity contribution < 1.29 is 4.42 Å². The van der Waals surface area contributed by atoms with Crippen molar-refractivity contribution >= 4 is 32.8 Å². The van der Waals surface area contributed by atoms with Gasteiger partial charge in [-0.25, -0.2) is 4.98 Å². The molecule has 0 N–H and O–H groups in total. The van der Waals surface area contributed by atoms with E-state index in [1.54, 1.807) is 6.20 Å². The molecule has 7 rings (SSSR count). The van der Waals surface area contributed by atoms with Crippen molar-refractivity contribution in [1.82, 2.24) is 29.7 Å². The van der Waals surface area contributed by atoms with E-state index < -0.39 is 0 Å². The molecular formula is C29H20N6O. The van der Waals surface area contributed by atoms with Gasteiger partial charge in [0, 0.05) is 46.4 Å². The quantitative estimate of drug-likeness (QED) is 0.273. The Labute approximate surface area is 206 Å². The van der Waals surface area contributed by atoms with Crippen LogP contribution in [0.2, 0.25) is 0 Å². The fourth-order valence-corrected chi connectivity index (χ4v) is 4.81. The van der Waals surface area contributed by atoms with Crippen molar-refractivity contribution in [3.63, 3.8) is 0 Å². The second-order valence-corrected chi connectivity index (χ2v) is 8.53. The van der Waals surface area contributed by atoms with Gasteiger partial charge in [0.1, 0.15) is 5.82 Å². The van der Waals surface area contributed by atoms with Gasteiger partial charge in [0.15, 0.2) is 0 Å². The van der Waals surface area contributed by atoms with E-state index in [1.807, 2.05) is 60.8 Å². The van der Waals surface area contributed by atoms with E-state index in [0.29, 0.717) is 11.8 Å². The van der Waals surface area contributed by atoms with Gasteiger partial charge < -0.3 is 8.98 Å². The van der Waals surface area contributed by atoms with Crippen molar-refractivity contribution in [3.8, 4) is 34.3 Å². The Balaban J connectivity index is 1.36. The van der Waals surface area contributed by atoms with Crippen LogP contribution in [0, 0.1) is 0 Å². The lowest BCUT2D eigenvalue weighted by Gasteiger charge is -2.09. The number of fused-ring (bicyclic) bond motifs is 6. The van der Waals surface area contributed by atoms with Crippen LogP contribution in [0.1, 0.15) is 6.92 Å². The third kappa shape index (κ3) is 3.10. The van der Waals surface area contributed by atoms with Crippen molar-refractivity contribution in [2.45, 2.75) is 13.5 Å². The van der Waals surface area contributed by atoms with Crippen molar-refractivity contribution in [3.05, 3.63) is 91.3 Å². The highest BCUT2D eigenvalue weighted by Crippen LogP contribution is 2.36. The van der Waals surface area contributed by atoms with Gasteiger partial charge in [-0.05, 0) is 55.5 Å². The average molecular weight is 469 g/mol. The first-order valence-electron chi connectivity index (χ1n) is 11.8. The molecule has 0 spiro atoms. The molecule has 7 heteroatoms. The molecule has 0 atom stereocenters. The number of imidazole rings is 1. The minimum atomic E-state index is 0.485. The Hall–Kier alpha value is -4.91. The summed E-state index contributed by atoms with van der Waals surface area (Å²) in [6.45, 7) is 2.91. The number of aromatic nitrogens is 6. The minimum absolute atomic E-state index is 0.485. The van der Waals surface area contributed by atoms with Gasteiger partial charge in [-0.1, -0.05) is 30.3 Å². The molecule has 0 aliphatic heterocycles. The molecular weight excluding hydrogens is 448 g/mol. The van der Waals surface area contributed by atoms with E-state index >= 15 is 0 Å². The Kier molecular flexibility index (Phi) is 4.60. The van der Waals surface area contributed by atoms with E-state index in [9.17, 15) is 0 Å². The maximum atomic E-state index is 5.93. The fraction of sp³-hybridized carbons (Fsp3) is 0.0690. The Morgan fingerprint density at radius 1 is 0.639 bits per heavy atom. The molecule has 0 fully saturated rings. The summed E-state index contributed by atoms with van der Waals surface area (Å²) in [5.41, 5.74) is 6.53. The lowest BCUT2D eigenvalue weighted by Crippen LogP contribution is -1.98. The zero-order valence-corrected chi connectivity index (χ0v) is 19.5. The van der Waals surface area contributed by atoms with E-state index in [1.165, 1.54) is 0 Å². The van der Waals surface area contributed by atoms with Gasteiger partial charge in [0.25, 0.3) is 0 Å². The predicted molar refractivity (Wildman–Crippen MR) is 140 cm³/mol. The van der Waals surface area contributed by atoms with E-state index in [2.05, 4.69) is 55.9 Å². The van der Waals surface area contributed by atoms with Crippen LogP contribution in [0.5, 0.6) is 0 Å². The van der Waals surface area contributed by atoms with Crippen LogP contribution in [0.15, 0.2) is 95.7 Å². The number of hydrogen-bond acceptors (Lipinski definition) is 6. The summed E-state index contributed by atoms with van der Waals surface area (Å²) in [4.78, 5) is 14.4. The van der Waals surface area contributed by atoms with Crippen LogP contribution in [0.25, 0.3) is 67.1 Å². The smallest absolute Gasteiger partial charge is 0.248 e. The number of pyridine rings is 2. The van der Waals surface area contributed by atoms with E-state index in [-0.39, 0.29) is 0 Å². The maximum absolute atomic E-state index is 5.93. The minimum Gasteiger partial charge on any atom is -0.416 e. The SMILES string of the molecule is CCn1c(-c2ccc(-c3nnc(-c4ccccc4)o3)cc2)nc2c3cccnc3c3ncccc3c21. The van der Waals surface area contributed by atoms with Crippen LogP contribution in [0.4, 0.5) is 0 Å². The molecule has 0 saturated heterocycles. The highest BCUT2D eigenvalue weighted by molar-refractivity contribution is 6.21. The molecule has 0 bridgehead atoms. The van der Waals surface area contributed by atoms with Gasteiger partial charge >= 0.3 is 0 Å². The lowest BCUT2D eigenvalue weighted by molar-refractivity contribution is 0.584. The summed E-state index contributed by atoms with van der Waals surface area (Å²) in [6, 6.07) is 25.9. The number of rotatable bonds is 4. The van der Waals surface area contributed by atoms with Crippen LogP contribution < -0.4 is 0 Å². The second kappa shape index (κ2) is 8.09. The maximum Gasteiger partial charge on any atom is 0.248 e. The van der Waals surface area contributed by atoms with Gasteiger partial charge in [-0.2, -0.15) is 0 Å². The van der Waals surface area contributed by atoms with Crippen LogP contribution >= 0.6 is 0 Å². The predicted octanol–water partition coefficient (Wildman–Crippen LogP) is 6.54. The largest absolute Gasteiger partial charge is 0.416 e. The molecule has 0 aliphatic rings. The molecule has 0 amide bonds. The first-order chi connectivity index (χ1) is 17.8. The zero-order chi connectivity index (χ0) is 24.1. The average Bonchev–Trinajstić information content (AvgIpc) is 3.60. The number of aryl methyl sites for hydroxylation is 1. The molecule has 36 heavy (non-hydrogen) atoms. The topological polar surface area (TPSA) is 82.5 Å². The van der Waals surface area contributed by atoms with Crippen molar-refractivity contribution in [1.29, 1.82) is 0 Å². The lowest BCUT2D eigenvalue weighted by atomic mass is 10.1. The zero-order valence-electron chi connectivity index (χ0n) is 19.5. The molecule has 7 aromatic rings. The molecule has 7 nitrogen and oxygen atoms in total.